The number of rotatable bonds is 5. The summed E-state index contributed by atoms with van der Waals surface area (Å²) in [5.74, 6) is -1.06. The summed E-state index contributed by atoms with van der Waals surface area (Å²) in [6.45, 7) is -0.0940. The molecule has 1 unspecified atom stereocenters. The van der Waals surface area contributed by atoms with Gasteiger partial charge in [0.05, 0.1) is 11.1 Å². The van der Waals surface area contributed by atoms with Crippen LogP contribution in [-0.2, 0) is 14.2 Å². The summed E-state index contributed by atoms with van der Waals surface area (Å²) in [6, 6.07) is 12.6. The van der Waals surface area contributed by atoms with E-state index in [-0.39, 0.29) is 6.61 Å². The lowest BCUT2D eigenvalue weighted by Crippen LogP contribution is -2.32. The third kappa shape index (κ3) is 5.36. The zero-order valence-corrected chi connectivity index (χ0v) is 16.2. The maximum absolute atomic E-state index is 12.3. The minimum atomic E-state index is -0.653. The Morgan fingerprint density at radius 1 is 0.926 bits per heavy atom. The van der Waals surface area contributed by atoms with Crippen LogP contribution in [0.3, 0.4) is 0 Å². The molecule has 1 fully saturated rings. The van der Waals surface area contributed by atoms with E-state index in [1.54, 1.807) is 48.5 Å². The molecule has 0 saturated carbocycles. The molecular formula is C19H15Cl3O5. The lowest BCUT2D eigenvalue weighted by atomic mass is 10.2. The minimum Gasteiger partial charge on any atom is -0.459 e. The number of hydrogen-bond acceptors (Lipinski definition) is 5. The molecule has 8 heteroatoms. The van der Waals surface area contributed by atoms with Gasteiger partial charge in [-0.2, -0.15) is 0 Å². The van der Waals surface area contributed by atoms with Crippen LogP contribution < -0.4 is 0 Å². The zero-order chi connectivity index (χ0) is 19.4. The van der Waals surface area contributed by atoms with Crippen molar-refractivity contribution in [2.75, 3.05) is 6.61 Å². The number of carbonyl (C=O) groups excluding carboxylic acids is 2. The highest BCUT2D eigenvalue weighted by atomic mass is 35.5. The van der Waals surface area contributed by atoms with E-state index in [0.29, 0.717) is 27.6 Å². The van der Waals surface area contributed by atoms with Crippen LogP contribution in [0.1, 0.15) is 27.1 Å². The Labute approximate surface area is 171 Å². The predicted octanol–water partition coefficient (Wildman–Crippen LogP) is 4.73. The average molecular weight is 430 g/mol. The average Bonchev–Trinajstić information content (AvgIpc) is 3.00. The Kier molecular flexibility index (Phi) is 6.60. The Balaban J connectivity index is 1.58. The van der Waals surface area contributed by atoms with E-state index in [1.807, 2.05) is 0 Å². The number of carbonyl (C=O) groups is 2. The van der Waals surface area contributed by atoms with Gasteiger partial charge in [0.25, 0.3) is 0 Å². The van der Waals surface area contributed by atoms with E-state index in [0.717, 1.165) is 0 Å². The van der Waals surface area contributed by atoms with Crippen molar-refractivity contribution in [3.05, 3.63) is 69.7 Å². The minimum absolute atomic E-state index is 0.0940. The topological polar surface area (TPSA) is 61.8 Å². The fourth-order valence-corrected chi connectivity index (χ4v) is 3.12. The van der Waals surface area contributed by atoms with E-state index in [1.165, 1.54) is 0 Å². The third-order valence-corrected chi connectivity index (χ3v) is 4.74. The van der Waals surface area contributed by atoms with E-state index in [4.69, 9.17) is 49.0 Å². The molecule has 3 atom stereocenters. The number of hydrogen-bond donors (Lipinski definition) is 0. The normalized spacial score (nSPS) is 21.7. The molecule has 0 amide bonds. The van der Waals surface area contributed by atoms with Gasteiger partial charge in [0.2, 0.25) is 0 Å². The fourth-order valence-electron chi connectivity index (χ4n) is 2.56. The Morgan fingerprint density at radius 2 is 1.44 bits per heavy atom. The third-order valence-electron chi connectivity index (χ3n) is 3.95. The van der Waals surface area contributed by atoms with Crippen molar-refractivity contribution < 1.29 is 23.8 Å². The van der Waals surface area contributed by atoms with Gasteiger partial charge in [-0.1, -0.05) is 34.8 Å². The molecule has 0 spiro atoms. The summed E-state index contributed by atoms with van der Waals surface area (Å²) in [5.41, 5.74) is 0.0797. The van der Waals surface area contributed by atoms with E-state index in [9.17, 15) is 9.59 Å². The van der Waals surface area contributed by atoms with E-state index in [2.05, 4.69) is 0 Å². The van der Waals surface area contributed by atoms with Crippen LogP contribution in [0.5, 0.6) is 0 Å². The van der Waals surface area contributed by atoms with Crippen molar-refractivity contribution in [1.29, 1.82) is 0 Å². The van der Waals surface area contributed by atoms with Crippen LogP contribution in [0.15, 0.2) is 48.5 Å². The van der Waals surface area contributed by atoms with Crippen LogP contribution in [-0.4, -0.2) is 36.3 Å². The summed E-state index contributed by atoms with van der Waals surface area (Å²) in [6.07, 6.45) is -0.988. The van der Waals surface area contributed by atoms with Gasteiger partial charge in [-0.25, -0.2) is 9.59 Å². The first-order chi connectivity index (χ1) is 12.9. The predicted molar refractivity (Wildman–Crippen MR) is 102 cm³/mol. The van der Waals surface area contributed by atoms with Crippen molar-refractivity contribution in [3.8, 4) is 0 Å². The van der Waals surface area contributed by atoms with Crippen LogP contribution in [0, 0.1) is 0 Å². The molecule has 0 radical (unpaired) electrons. The molecule has 1 aliphatic heterocycles. The molecule has 5 nitrogen and oxygen atoms in total. The van der Waals surface area contributed by atoms with Crippen LogP contribution in [0.2, 0.25) is 10.0 Å². The van der Waals surface area contributed by atoms with Gasteiger partial charge < -0.3 is 14.2 Å². The quantitative estimate of drug-likeness (QED) is 0.508. The van der Waals surface area contributed by atoms with Crippen LogP contribution in [0.25, 0.3) is 0 Å². The maximum Gasteiger partial charge on any atom is 0.338 e. The summed E-state index contributed by atoms with van der Waals surface area (Å²) >= 11 is 17.6. The molecule has 0 N–H and O–H groups in total. The number of esters is 2. The zero-order valence-electron chi connectivity index (χ0n) is 13.9. The van der Waals surface area contributed by atoms with Crippen molar-refractivity contribution in [2.24, 2.45) is 0 Å². The molecule has 1 heterocycles. The van der Waals surface area contributed by atoms with Gasteiger partial charge in [0.1, 0.15) is 24.4 Å². The summed E-state index contributed by atoms with van der Waals surface area (Å²) in [5, 5.41) is 1.04. The smallest absolute Gasteiger partial charge is 0.338 e. The van der Waals surface area contributed by atoms with Gasteiger partial charge in [-0.15, -0.1) is 0 Å². The molecule has 3 rings (SSSR count). The van der Waals surface area contributed by atoms with Crippen molar-refractivity contribution in [1.82, 2.24) is 0 Å². The van der Waals surface area contributed by atoms with Crippen LogP contribution >= 0.6 is 34.8 Å². The molecule has 2 aromatic carbocycles. The Hall–Kier alpha value is -1.79. The molecule has 0 aromatic heterocycles. The largest absolute Gasteiger partial charge is 0.459 e. The first-order valence-corrected chi connectivity index (χ1v) is 9.30. The second-order valence-corrected chi connectivity index (χ2v) is 7.24. The lowest BCUT2D eigenvalue weighted by Gasteiger charge is -2.19. The molecule has 142 valence electrons. The van der Waals surface area contributed by atoms with E-state index >= 15 is 0 Å². The van der Waals surface area contributed by atoms with Gasteiger partial charge in [-0.05, 0) is 48.5 Å². The number of benzene rings is 2. The second-order valence-electron chi connectivity index (χ2n) is 5.88. The van der Waals surface area contributed by atoms with Gasteiger partial charge in [-0.3, -0.25) is 0 Å². The first kappa shape index (κ1) is 20.0. The molecule has 0 bridgehead atoms. The monoisotopic (exact) mass is 428 g/mol. The Morgan fingerprint density at radius 3 is 2.00 bits per heavy atom. The number of ether oxygens (including phenoxy) is 3. The van der Waals surface area contributed by atoms with Gasteiger partial charge >= 0.3 is 11.9 Å². The highest BCUT2D eigenvalue weighted by molar-refractivity contribution is 6.31. The molecule has 27 heavy (non-hydrogen) atoms. The molecule has 0 aliphatic carbocycles. The molecule has 2 aromatic rings. The molecule has 1 saturated heterocycles. The lowest BCUT2D eigenvalue weighted by molar-refractivity contribution is -0.0322. The summed E-state index contributed by atoms with van der Waals surface area (Å²) in [7, 11) is 0. The highest BCUT2D eigenvalue weighted by Crippen LogP contribution is 2.27. The van der Waals surface area contributed by atoms with Gasteiger partial charge in [0.15, 0.2) is 0 Å². The fraction of sp³-hybridized carbons (Fsp3) is 0.263. The second kappa shape index (κ2) is 8.93. The first-order valence-electron chi connectivity index (χ1n) is 8.11. The van der Waals surface area contributed by atoms with Crippen molar-refractivity contribution in [2.45, 2.75) is 24.2 Å². The molecule has 1 aliphatic rings. The SMILES string of the molecule is O=C(OC[C@H]1O[C@H](Cl)CC1OC(=O)c1ccc(Cl)cc1)c1ccc(Cl)cc1. The highest BCUT2D eigenvalue weighted by Gasteiger charge is 2.38. The molecular weight excluding hydrogens is 415 g/mol. The van der Waals surface area contributed by atoms with Crippen LogP contribution in [0.4, 0.5) is 0 Å². The maximum atomic E-state index is 12.3. The standard InChI is InChI=1S/C19H15Cl3O5/c20-13-5-1-11(2-6-13)18(23)25-10-16-15(9-17(22)26-16)27-19(24)12-3-7-14(21)8-4-12/h1-8,15-17H,9-10H2/t15?,16-,17+/m1/s1. The van der Waals surface area contributed by atoms with Crippen molar-refractivity contribution >= 4 is 46.7 Å². The Bertz CT molecular complexity index is 807. The van der Waals surface area contributed by atoms with Crippen molar-refractivity contribution in [3.63, 3.8) is 0 Å². The number of alkyl halides is 1. The number of halogens is 3. The van der Waals surface area contributed by atoms with Gasteiger partial charge in [0, 0.05) is 16.5 Å². The summed E-state index contributed by atoms with van der Waals surface area (Å²) < 4.78 is 16.2. The van der Waals surface area contributed by atoms with E-state index < -0.39 is 29.7 Å². The summed E-state index contributed by atoms with van der Waals surface area (Å²) in [4.78, 5) is 24.4.